The van der Waals surface area contributed by atoms with Gasteiger partial charge in [0, 0.05) is 37.3 Å². The van der Waals surface area contributed by atoms with Crippen LogP contribution in [0.1, 0.15) is 50.3 Å². The van der Waals surface area contributed by atoms with E-state index in [1.807, 2.05) is 29.2 Å². The van der Waals surface area contributed by atoms with E-state index in [2.05, 4.69) is 37.1 Å². The SMILES string of the molecule is Cc1ccccc1Nc1nccc(C2CCCN(C(=O)CC(C)C)C2)n1. The van der Waals surface area contributed by atoms with Gasteiger partial charge in [0.05, 0.1) is 5.69 Å². The molecule has 3 rings (SSSR count). The van der Waals surface area contributed by atoms with E-state index >= 15 is 0 Å². The lowest BCUT2D eigenvalue weighted by molar-refractivity contribution is -0.133. The summed E-state index contributed by atoms with van der Waals surface area (Å²) < 4.78 is 0. The van der Waals surface area contributed by atoms with E-state index in [9.17, 15) is 4.79 Å². The highest BCUT2D eigenvalue weighted by Crippen LogP contribution is 2.27. The Morgan fingerprint density at radius 1 is 1.31 bits per heavy atom. The number of aryl methyl sites for hydroxylation is 1. The molecule has 1 unspecified atom stereocenters. The second kappa shape index (κ2) is 8.30. The number of carbonyl (C=O) groups is 1. The first-order valence-electron chi connectivity index (χ1n) is 9.46. The zero-order valence-electron chi connectivity index (χ0n) is 15.9. The highest BCUT2D eigenvalue weighted by Gasteiger charge is 2.26. The van der Waals surface area contributed by atoms with Gasteiger partial charge in [-0.15, -0.1) is 0 Å². The molecule has 1 aromatic carbocycles. The van der Waals surface area contributed by atoms with E-state index in [4.69, 9.17) is 4.98 Å². The van der Waals surface area contributed by atoms with Crippen LogP contribution in [0.3, 0.4) is 0 Å². The summed E-state index contributed by atoms with van der Waals surface area (Å²) in [6.07, 6.45) is 4.51. The van der Waals surface area contributed by atoms with Crippen LogP contribution in [0.2, 0.25) is 0 Å². The molecule has 138 valence electrons. The summed E-state index contributed by atoms with van der Waals surface area (Å²) in [7, 11) is 0. The number of amides is 1. The first kappa shape index (κ1) is 18.4. The van der Waals surface area contributed by atoms with Crippen LogP contribution >= 0.6 is 0 Å². The molecular weight excluding hydrogens is 324 g/mol. The van der Waals surface area contributed by atoms with Crippen molar-refractivity contribution in [1.29, 1.82) is 0 Å². The average Bonchev–Trinajstić information content (AvgIpc) is 2.63. The first-order valence-corrected chi connectivity index (χ1v) is 9.46. The Balaban J connectivity index is 1.71. The van der Waals surface area contributed by atoms with Crippen LogP contribution in [-0.4, -0.2) is 33.9 Å². The molecule has 0 saturated carbocycles. The Bertz CT molecular complexity index is 759. The van der Waals surface area contributed by atoms with Crippen LogP contribution < -0.4 is 5.32 Å². The van der Waals surface area contributed by atoms with E-state index in [-0.39, 0.29) is 11.8 Å². The number of carbonyl (C=O) groups excluding carboxylic acids is 1. The van der Waals surface area contributed by atoms with Crippen molar-refractivity contribution in [2.45, 2.75) is 46.0 Å². The fourth-order valence-corrected chi connectivity index (χ4v) is 3.42. The predicted octanol–water partition coefficient (Wildman–Crippen LogP) is 4.28. The number of benzene rings is 1. The van der Waals surface area contributed by atoms with Gasteiger partial charge < -0.3 is 10.2 Å². The molecule has 0 radical (unpaired) electrons. The van der Waals surface area contributed by atoms with E-state index < -0.39 is 0 Å². The summed E-state index contributed by atoms with van der Waals surface area (Å²) in [6, 6.07) is 10.1. The Hall–Kier alpha value is -2.43. The fraction of sp³-hybridized carbons (Fsp3) is 0.476. The van der Waals surface area contributed by atoms with Crippen LogP contribution in [0.4, 0.5) is 11.6 Å². The summed E-state index contributed by atoms with van der Waals surface area (Å²) >= 11 is 0. The number of aromatic nitrogens is 2. The summed E-state index contributed by atoms with van der Waals surface area (Å²) in [4.78, 5) is 23.5. The Morgan fingerprint density at radius 3 is 2.88 bits per heavy atom. The molecule has 1 saturated heterocycles. The number of hydrogen-bond donors (Lipinski definition) is 1. The van der Waals surface area contributed by atoms with Crippen molar-refractivity contribution in [2.24, 2.45) is 5.92 Å². The maximum Gasteiger partial charge on any atom is 0.227 e. The second-order valence-electron chi connectivity index (χ2n) is 7.52. The highest BCUT2D eigenvalue weighted by molar-refractivity contribution is 5.76. The van der Waals surface area contributed by atoms with Crippen LogP contribution in [0.15, 0.2) is 36.5 Å². The normalized spacial score (nSPS) is 17.4. The van der Waals surface area contributed by atoms with Gasteiger partial charge in [-0.3, -0.25) is 4.79 Å². The smallest absolute Gasteiger partial charge is 0.227 e. The molecule has 1 aliphatic rings. The number of nitrogens with one attached hydrogen (secondary N) is 1. The van der Waals surface area contributed by atoms with E-state index in [1.165, 1.54) is 0 Å². The molecular formula is C21H28N4O. The van der Waals surface area contributed by atoms with Crippen molar-refractivity contribution < 1.29 is 4.79 Å². The third-order valence-corrected chi connectivity index (χ3v) is 4.84. The van der Waals surface area contributed by atoms with Gasteiger partial charge in [0.1, 0.15) is 0 Å². The minimum atomic E-state index is 0.261. The first-order chi connectivity index (χ1) is 12.5. The lowest BCUT2D eigenvalue weighted by Gasteiger charge is -2.33. The van der Waals surface area contributed by atoms with Crippen molar-refractivity contribution in [3.63, 3.8) is 0 Å². The monoisotopic (exact) mass is 352 g/mol. The third-order valence-electron chi connectivity index (χ3n) is 4.84. The summed E-state index contributed by atoms with van der Waals surface area (Å²) in [5, 5.41) is 3.31. The standard InChI is InChI=1S/C21H28N4O/c1-15(2)13-20(26)25-12-6-8-17(14-25)19-10-11-22-21(24-19)23-18-9-5-4-7-16(18)3/h4-5,7,9-11,15,17H,6,8,12-14H2,1-3H3,(H,22,23,24). The van der Waals surface area contributed by atoms with Gasteiger partial charge in [-0.25, -0.2) is 9.97 Å². The van der Waals surface area contributed by atoms with Crippen LogP contribution in [0.25, 0.3) is 0 Å². The zero-order chi connectivity index (χ0) is 18.5. The van der Waals surface area contributed by atoms with Crippen LogP contribution in [0, 0.1) is 12.8 Å². The number of hydrogen-bond acceptors (Lipinski definition) is 4. The molecule has 1 aliphatic heterocycles. The molecule has 5 nitrogen and oxygen atoms in total. The van der Waals surface area contributed by atoms with Crippen molar-refractivity contribution in [1.82, 2.24) is 14.9 Å². The molecule has 1 aromatic heterocycles. The van der Waals surface area contributed by atoms with Gasteiger partial charge in [0.2, 0.25) is 11.9 Å². The van der Waals surface area contributed by atoms with Gasteiger partial charge in [0.15, 0.2) is 0 Å². The molecule has 1 amide bonds. The van der Waals surface area contributed by atoms with Crippen LogP contribution in [-0.2, 0) is 4.79 Å². The maximum atomic E-state index is 12.4. The van der Waals surface area contributed by atoms with Crippen molar-refractivity contribution in [3.05, 3.63) is 47.8 Å². The van der Waals surface area contributed by atoms with E-state index in [1.54, 1.807) is 6.20 Å². The molecule has 1 N–H and O–H groups in total. The summed E-state index contributed by atoms with van der Waals surface area (Å²) in [5.41, 5.74) is 3.18. The van der Waals surface area contributed by atoms with Crippen molar-refractivity contribution >= 4 is 17.5 Å². The molecule has 0 spiro atoms. The van der Waals surface area contributed by atoms with Gasteiger partial charge >= 0.3 is 0 Å². The molecule has 5 heteroatoms. The van der Waals surface area contributed by atoms with Gasteiger partial charge in [-0.1, -0.05) is 32.0 Å². The van der Waals surface area contributed by atoms with Crippen molar-refractivity contribution in [3.8, 4) is 0 Å². The largest absolute Gasteiger partial charge is 0.342 e. The highest BCUT2D eigenvalue weighted by atomic mass is 16.2. The quantitative estimate of drug-likeness (QED) is 0.872. The number of para-hydroxylation sites is 1. The molecule has 1 fully saturated rings. The van der Waals surface area contributed by atoms with Gasteiger partial charge in [-0.2, -0.15) is 0 Å². The second-order valence-corrected chi connectivity index (χ2v) is 7.52. The lowest BCUT2D eigenvalue weighted by Crippen LogP contribution is -2.39. The van der Waals surface area contributed by atoms with E-state index in [0.29, 0.717) is 18.3 Å². The maximum absolute atomic E-state index is 12.4. The fourth-order valence-electron chi connectivity index (χ4n) is 3.42. The Labute approximate surface area is 155 Å². The molecule has 26 heavy (non-hydrogen) atoms. The Morgan fingerprint density at radius 2 is 2.12 bits per heavy atom. The van der Waals surface area contributed by atoms with Gasteiger partial charge in [0.25, 0.3) is 0 Å². The Kier molecular flexibility index (Phi) is 5.86. The van der Waals surface area contributed by atoms with E-state index in [0.717, 1.165) is 42.9 Å². The minimum Gasteiger partial charge on any atom is -0.342 e. The minimum absolute atomic E-state index is 0.261. The molecule has 0 bridgehead atoms. The zero-order valence-corrected chi connectivity index (χ0v) is 15.9. The molecule has 1 atom stereocenters. The number of likely N-dealkylation sites (tertiary alicyclic amines) is 1. The summed E-state index contributed by atoms with van der Waals surface area (Å²) in [5.74, 6) is 1.55. The van der Waals surface area contributed by atoms with Gasteiger partial charge in [-0.05, 0) is 43.4 Å². The predicted molar refractivity (Wildman–Crippen MR) is 105 cm³/mol. The number of anilines is 2. The molecule has 2 heterocycles. The molecule has 2 aromatic rings. The summed E-state index contributed by atoms with van der Waals surface area (Å²) in [6.45, 7) is 7.86. The average molecular weight is 352 g/mol. The number of nitrogens with zero attached hydrogens (tertiary/aromatic N) is 3. The van der Waals surface area contributed by atoms with Crippen LogP contribution in [0.5, 0.6) is 0 Å². The number of rotatable bonds is 5. The topological polar surface area (TPSA) is 58.1 Å². The van der Waals surface area contributed by atoms with Crippen molar-refractivity contribution in [2.75, 3.05) is 18.4 Å². The number of piperidine rings is 1. The molecule has 0 aliphatic carbocycles. The lowest BCUT2D eigenvalue weighted by atomic mass is 9.94. The third kappa shape index (κ3) is 4.59.